The van der Waals surface area contributed by atoms with Crippen LogP contribution in [0.1, 0.15) is 47.8 Å². The maximum atomic E-state index is 9.87. The number of hydrogen-bond donors (Lipinski definition) is 5. The zero-order valence-electron chi connectivity index (χ0n) is 16.2. The Kier molecular flexibility index (Phi) is 5.49. The molecule has 2 heterocycles. The van der Waals surface area contributed by atoms with Gasteiger partial charge in [-0.3, -0.25) is 5.41 Å². The van der Waals surface area contributed by atoms with E-state index in [1.165, 1.54) is 0 Å². The molecule has 3 aromatic rings. The van der Waals surface area contributed by atoms with Crippen LogP contribution in [0.15, 0.2) is 59.7 Å². The van der Waals surface area contributed by atoms with Crippen molar-refractivity contribution >= 4 is 17.4 Å². The number of hydrogen-bond acceptors (Lipinski definition) is 3. The fraction of sp³-hybridized carbons (Fsp3) is 0.182. The van der Waals surface area contributed by atoms with Gasteiger partial charge in [-0.05, 0) is 42.3 Å². The molecule has 6 N–H and O–H groups in total. The molecule has 0 bridgehead atoms. The Morgan fingerprint density at radius 2 is 1.89 bits per heavy atom. The molecule has 0 fully saturated rings. The van der Waals surface area contributed by atoms with Gasteiger partial charge in [-0.25, -0.2) is 4.99 Å². The van der Waals surface area contributed by atoms with Gasteiger partial charge in [0, 0.05) is 23.0 Å². The predicted molar refractivity (Wildman–Crippen MR) is 114 cm³/mol. The van der Waals surface area contributed by atoms with Gasteiger partial charge in [-0.1, -0.05) is 38.1 Å². The zero-order valence-corrected chi connectivity index (χ0v) is 16.2. The number of nitrogens with one attached hydrogen (secondary N) is 3. The molecule has 4 rings (SSSR count). The summed E-state index contributed by atoms with van der Waals surface area (Å²) in [5.74, 6) is 0.0326. The normalized spacial score (nSPS) is 16.1. The number of rotatable bonds is 1. The third kappa shape index (κ3) is 3.49. The average Bonchev–Trinajstić information content (AvgIpc) is 3.13. The van der Waals surface area contributed by atoms with Gasteiger partial charge >= 0.3 is 0 Å². The number of benzene rings is 2. The van der Waals surface area contributed by atoms with E-state index < -0.39 is 0 Å². The topological polar surface area (TPSA) is 110 Å². The number of phenols is 1. The number of fused-ring (bicyclic) bond motifs is 2. The summed E-state index contributed by atoms with van der Waals surface area (Å²) >= 11 is 0. The first kappa shape index (κ1) is 19.2. The fourth-order valence-electron chi connectivity index (χ4n) is 3.37. The van der Waals surface area contributed by atoms with Gasteiger partial charge < -0.3 is 21.1 Å². The molecule has 6 heteroatoms. The number of aromatic amines is 1. The maximum absolute atomic E-state index is 9.87. The summed E-state index contributed by atoms with van der Waals surface area (Å²) in [6.45, 7) is 5.88. The minimum atomic E-state index is -0.241. The van der Waals surface area contributed by atoms with Gasteiger partial charge in [0.15, 0.2) is 0 Å². The second kappa shape index (κ2) is 8.00. The van der Waals surface area contributed by atoms with Crippen molar-refractivity contribution in [3.8, 4) is 5.75 Å². The van der Waals surface area contributed by atoms with Crippen LogP contribution in [0.4, 0.5) is 5.69 Å². The van der Waals surface area contributed by atoms with Crippen LogP contribution in [0.3, 0.4) is 0 Å². The third-order valence-electron chi connectivity index (χ3n) is 4.60. The van der Waals surface area contributed by atoms with Gasteiger partial charge in [0.05, 0.1) is 11.7 Å². The van der Waals surface area contributed by atoms with E-state index in [2.05, 4.69) is 15.3 Å². The van der Waals surface area contributed by atoms with Crippen molar-refractivity contribution in [2.45, 2.75) is 26.8 Å². The summed E-state index contributed by atoms with van der Waals surface area (Å²) in [7, 11) is 0. The number of aliphatic imine (C=N–C) groups is 1. The summed E-state index contributed by atoms with van der Waals surface area (Å²) in [4.78, 5) is 7.52. The summed E-state index contributed by atoms with van der Waals surface area (Å²) in [6.07, 6.45) is 1.86. The van der Waals surface area contributed by atoms with E-state index in [1.807, 2.05) is 69.4 Å². The van der Waals surface area contributed by atoms with Crippen LogP contribution in [0.25, 0.3) is 0 Å². The molecule has 0 saturated heterocycles. The van der Waals surface area contributed by atoms with Crippen LogP contribution < -0.4 is 11.1 Å². The summed E-state index contributed by atoms with van der Waals surface area (Å²) < 4.78 is 0. The zero-order chi connectivity index (χ0) is 20.3. The monoisotopic (exact) mass is 375 g/mol. The van der Waals surface area contributed by atoms with E-state index in [1.54, 1.807) is 6.07 Å². The summed E-state index contributed by atoms with van der Waals surface area (Å²) in [5, 5.41) is 21.1. The number of H-pyrrole nitrogens is 1. The van der Waals surface area contributed by atoms with Crippen LogP contribution in [-0.2, 0) is 0 Å². The van der Waals surface area contributed by atoms with Crippen molar-refractivity contribution in [2.24, 2.45) is 10.7 Å². The lowest BCUT2D eigenvalue weighted by Crippen LogP contribution is -2.14. The molecule has 1 aliphatic rings. The number of aryl methyl sites for hydroxylation is 1. The molecule has 144 valence electrons. The van der Waals surface area contributed by atoms with Gasteiger partial charge in [-0.15, -0.1) is 0 Å². The molecule has 1 aliphatic heterocycles. The van der Waals surface area contributed by atoms with Crippen molar-refractivity contribution in [2.75, 3.05) is 5.32 Å². The van der Waals surface area contributed by atoms with E-state index in [-0.39, 0.29) is 17.8 Å². The largest absolute Gasteiger partial charge is 0.508 e. The SMILES string of the molecule is CC.Cc1cc(C2Nc3ccccc3/C(=N/C(=N)N)c3[nH]ccc32)ccc1O. The van der Waals surface area contributed by atoms with E-state index in [9.17, 15) is 5.11 Å². The van der Waals surface area contributed by atoms with Gasteiger partial charge in [-0.2, -0.15) is 0 Å². The molecule has 0 amide bonds. The lowest BCUT2D eigenvalue weighted by atomic mass is 9.96. The minimum Gasteiger partial charge on any atom is -0.508 e. The Bertz CT molecular complexity index is 1030. The van der Waals surface area contributed by atoms with E-state index in [0.29, 0.717) is 5.71 Å². The lowest BCUT2D eigenvalue weighted by Gasteiger charge is -2.20. The van der Waals surface area contributed by atoms with Gasteiger partial charge in [0.25, 0.3) is 0 Å². The summed E-state index contributed by atoms with van der Waals surface area (Å²) in [5.41, 5.74) is 11.7. The van der Waals surface area contributed by atoms with E-state index >= 15 is 0 Å². The molecule has 28 heavy (non-hydrogen) atoms. The van der Waals surface area contributed by atoms with Crippen LogP contribution >= 0.6 is 0 Å². The second-order valence-electron chi connectivity index (χ2n) is 6.32. The Morgan fingerprint density at radius 3 is 2.61 bits per heavy atom. The fourth-order valence-corrected chi connectivity index (χ4v) is 3.37. The Morgan fingerprint density at radius 1 is 1.14 bits per heavy atom. The lowest BCUT2D eigenvalue weighted by molar-refractivity contribution is 0.471. The number of nitrogens with zero attached hydrogens (tertiary/aromatic N) is 1. The molecule has 2 aromatic carbocycles. The Labute approximate surface area is 164 Å². The van der Waals surface area contributed by atoms with E-state index in [0.717, 1.165) is 33.6 Å². The second-order valence-corrected chi connectivity index (χ2v) is 6.32. The van der Waals surface area contributed by atoms with Gasteiger partial charge in [0.2, 0.25) is 5.96 Å². The number of aromatic hydroxyl groups is 1. The standard InChI is InChI=1S/C20H19N5O.C2H6/c1-11-10-12(6-7-16(11)26)17-14-8-9-23-18(14)19(25-20(21)22)13-4-2-3-5-15(13)24-17;1-2/h2-10,17,23-24,26H,1H3,(H3,21,22);1-2H3/b25-19-;. The molecule has 1 unspecified atom stereocenters. The highest BCUT2D eigenvalue weighted by atomic mass is 16.3. The quantitative estimate of drug-likeness (QED) is 0.323. The highest BCUT2D eigenvalue weighted by Gasteiger charge is 2.28. The number of aromatic nitrogens is 1. The van der Waals surface area contributed by atoms with Crippen LogP contribution in [0, 0.1) is 12.3 Å². The summed E-state index contributed by atoms with van der Waals surface area (Å²) in [6, 6.07) is 15.3. The number of guanidine groups is 1. The van der Waals surface area contributed by atoms with Crippen molar-refractivity contribution in [3.63, 3.8) is 0 Å². The minimum absolute atomic E-state index is 0.128. The number of phenolic OH excluding ortho intramolecular Hbond substituents is 1. The Balaban J connectivity index is 0.00000109. The predicted octanol–water partition coefficient (Wildman–Crippen LogP) is 4.30. The molecule has 0 radical (unpaired) electrons. The third-order valence-corrected chi connectivity index (χ3v) is 4.60. The molecule has 6 nitrogen and oxygen atoms in total. The van der Waals surface area contributed by atoms with Crippen molar-refractivity contribution in [1.82, 2.24) is 4.98 Å². The highest BCUT2D eigenvalue weighted by molar-refractivity contribution is 6.19. The van der Waals surface area contributed by atoms with Crippen LogP contribution in [-0.4, -0.2) is 21.8 Å². The molecule has 0 aliphatic carbocycles. The maximum Gasteiger partial charge on any atom is 0.213 e. The highest BCUT2D eigenvalue weighted by Crippen LogP contribution is 2.36. The first-order valence-corrected chi connectivity index (χ1v) is 9.30. The van der Waals surface area contributed by atoms with Crippen LogP contribution in [0.2, 0.25) is 0 Å². The molecule has 1 aromatic heterocycles. The number of nitrogens with two attached hydrogens (primary N) is 1. The molecular weight excluding hydrogens is 350 g/mol. The van der Waals surface area contributed by atoms with Crippen molar-refractivity contribution < 1.29 is 5.11 Å². The van der Waals surface area contributed by atoms with Gasteiger partial charge in [0.1, 0.15) is 11.5 Å². The molecular formula is C22H25N5O. The number of anilines is 1. The van der Waals surface area contributed by atoms with Crippen molar-refractivity contribution in [1.29, 1.82) is 5.41 Å². The van der Waals surface area contributed by atoms with E-state index in [4.69, 9.17) is 11.1 Å². The smallest absolute Gasteiger partial charge is 0.213 e. The molecule has 0 saturated carbocycles. The Hall–Kier alpha value is -3.54. The molecule has 1 atom stereocenters. The van der Waals surface area contributed by atoms with Crippen molar-refractivity contribution in [3.05, 3.63) is 82.7 Å². The number of para-hydroxylation sites is 1. The average molecular weight is 375 g/mol. The molecule has 0 spiro atoms. The first-order chi connectivity index (χ1) is 13.5. The van der Waals surface area contributed by atoms with Crippen LogP contribution in [0.5, 0.6) is 5.75 Å². The first-order valence-electron chi connectivity index (χ1n) is 9.30.